The van der Waals surface area contributed by atoms with E-state index in [1.165, 1.54) is 155 Å². The Kier molecular flexibility index (Phi) is 26.1. The van der Waals surface area contributed by atoms with Crippen molar-refractivity contribution in [3.8, 4) is 0 Å². The van der Waals surface area contributed by atoms with E-state index in [4.69, 9.17) is 0 Å². The lowest BCUT2D eigenvalue weighted by atomic mass is 9.98. The second kappa shape index (κ2) is 26.2. The van der Waals surface area contributed by atoms with Crippen LogP contribution in [0.15, 0.2) is 0 Å². The monoisotopic (exact) mass is 438 g/mol. The van der Waals surface area contributed by atoms with Crippen molar-refractivity contribution in [2.45, 2.75) is 162 Å². The predicted octanol–water partition coefficient (Wildman–Crippen LogP) is 9.13. The third-order valence-corrected chi connectivity index (χ3v) is 6.85. The third-order valence-electron chi connectivity index (χ3n) is 6.85. The van der Waals surface area contributed by atoms with Gasteiger partial charge < -0.3 is 10.2 Å². The van der Waals surface area contributed by atoms with Crippen molar-refractivity contribution in [2.24, 2.45) is 0 Å². The Morgan fingerprint density at radius 2 is 0.871 bits per heavy atom. The van der Waals surface area contributed by atoms with E-state index in [9.17, 15) is 0 Å². The summed E-state index contributed by atoms with van der Waals surface area (Å²) in [5.41, 5.74) is 0. The van der Waals surface area contributed by atoms with Gasteiger partial charge in [0.05, 0.1) is 0 Å². The normalized spacial score (nSPS) is 11.8. The van der Waals surface area contributed by atoms with Crippen LogP contribution in [0, 0.1) is 0 Å². The summed E-state index contributed by atoms with van der Waals surface area (Å²) in [6.07, 6.45) is 28.0. The van der Waals surface area contributed by atoms with Gasteiger partial charge in [-0.05, 0) is 58.3 Å². The van der Waals surface area contributed by atoms with Gasteiger partial charge in [0.1, 0.15) is 0 Å². The number of hydrogen-bond donors (Lipinski definition) is 1. The van der Waals surface area contributed by atoms with Gasteiger partial charge in [0, 0.05) is 6.04 Å². The summed E-state index contributed by atoms with van der Waals surface area (Å²) in [6, 6.07) is 0.837. The van der Waals surface area contributed by atoms with Gasteiger partial charge in [0.15, 0.2) is 0 Å². The highest BCUT2D eigenvalue weighted by Gasteiger charge is 2.17. The molecule has 188 valence electrons. The first kappa shape index (κ1) is 30.9. The van der Waals surface area contributed by atoms with Gasteiger partial charge in [-0.15, -0.1) is 0 Å². The molecule has 0 aromatic rings. The highest BCUT2D eigenvalue weighted by molar-refractivity contribution is 4.73. The number of rotatable bonds is 26. The van der Waals surface area contributed by atoms with Gasteiger partial charge in [-0.1, -0.05) is 124 Å². The molecular weight excluding hydrogens is 376 g/mol. The van der Waals surface area contributed by atoms with E-state index < -0.39 is 0 Å². The molecule has 0 aliphatic carbocycles. The van der Waals surface area contributed by atoms with Crippen molar-refractivity contribution in [1.29, 1.82) is 0 Å². The average molecular weight is 439 g/mol. The molecule has 0 bridgehead atoms. The molecule has 0 aliphatic rings. The number of nitrogens with zero attached hydrogens (tertiary/aromatic N) is 1. The van der Waals surface area contributed by atoms with Crippen LogP contribution in [-0.4, -0.2) is 37.1 Å². The lowest BCUT2D eigenvalue weighted by molar-refractivity contribution is 0.165. The van der Waals surface area contributed by atoms with Gasteiger partial charge in [-0.2, -0.15) is 0 Å². The first-order chi connectivity index (χ1) is 15.3. The summed E-state index contributed by atoms with van der Waals surface area (Å²) in [5.74, 6) is 0. The van der Waals surface area contributed by atoms with Crippen molar-refractivity contribution in [3.05, 3.63) is 0 Å². The van der Waals surface area contributed by atoms with E-state index >= 15 is 0 Å². The molecule has 0 unspecified atom stereocenters. The van der Waals surface area contributed by atoms with Crippen LogP contribution in [0.4, 0.5) is 0 Å². The minimum absolute atomic E-state index is 0.837. The Morgan fingerprint density at radius 3 is 1.39 bits per heavy atom. The van der Waals surface area contributed by atoms with Gasteiger partial charge >= 0.3 is 0 Å². The van der Waals surface area contributed by atoms with Crippen LogP contribution in [0.1, 0.15) is 156 Å². The second-order valence-electron chi connectivity index (χ2n) is 9.97. The summed E-state index contributed by atoms with van der Waals surface area (Å²) in [5, 5.41) is 3.72. The van der Waals surface area contributed by atoms with E-state index in [2.05, 4.69) is 37.9 Å². The van der Waals surface area contributed by atoms with Crippen LogP contribution in [-0.2, 0) is 0 Å². The molecule has 0 atom stereocenters. The van der Waals surface area contributed by atoms with E-state index in [0.29, 0.717) is 0 Å². The Labute approximate surface area is 198 Å². The van der Waals surface area contributed by atoms with E-state index in [-0.39, 0.29) is 0 Å². The molecule has 0 amide bonds. The number of hydrogen-bond acceptors (Lipinski definition) is 2. The fourth-order valence-electron chi connectivity index (χ4n) is 4.70. The minimum Gasteiger partial charge on any atom is -0.317 e. The second-order valence-corrected chi connectivity index (χ2v) is 9.97. The van der Waals surface area contributed by atoms with Crippen molar-refractivity contribution in [2.75, 3.05) is 26.2 Å². The van der Waals surface area contributed by atoms with Crippen LogP contribution in [0.3, 0.4) is 0 Å². The molecule has 0 aliphatic heterocycles. The lowest BCUT2D eigenvalue weighted by Gasteiger charge is -2.32. The summed E-state index contributed by atoms with van der Waals surface area (Å²) in [6.45, 7) is 14.3. The van der Waals surface area contributed by atoms with Gasteiger partial charge in [-0.25, -0.2) is 0 Å². The van der Waals surface area contributed by atoms with Crippen LogP contribution in [0.5, 0.6) is 0 Å². The van der Waals surface area contributed by atoms with Crippen molar-refractivity contribution < 1.29 is 0 Å². The smallest absolute Gasteiger partial charge is 0.00952 e. The first-order valence-corrected chi connectivity index (χ1v) is 14.7. The predicted molar refractivity (Wildman–Crippen MR) is 143 cm³/mol. The summed E-state index contributed by atoms with van der Waals surface area (Å²) < 4.78 is 0. The third kappa shape index (κ3) is 21.5. The maximum Gasteiger partial charge on any atom is 0.00952 e. The highest BCUT2D eigenvalue weighted by atomic mass is 15.1. The van der Waals surface area contributed by atoms with Gasteiger partial charge in [0.2, 0.25) is 0 Å². The Morgan fingerprint density at radius 1 is 0.452 bits per heavy atom. The molecule has 0 heterocycles. The molecule has 0 fully saturated rings. The molecule has 2 nitrogen and oxygen atoms in total. The molecule has 0 spiro atoms. The molecule has 0 aromatic heterocycles. The Bertz CT molecular complexity index is 304. The Balaban J connectivity index is 4.35. The fraction of sp³-hybridized carbons (Fsp3) is 1.00. The zero-order valence-corrected chi connectivity index (χ0v) is 22.5. The minimum atomic E-state index is 0.837. The molecular formula is C29H62N2. The fourth-order valence-corrected chi connectivity index (χ4v) is 4.70. The van der Waals surface area contributed by atoms with Gasteiger partial charge in [0.25, 0.3) is 0 Å². The van der Waals surface area contributed by atoms with Crippen LogP contribution < -0.4 is 5.32 Å². The standard InChI is InChI=1S/C29H62N2/c1-5-9-13-16-19-23-29(24-20-17-14-10-6-2)31(27-12-8-4)28-22-26-30-25-21-18-15-11-7-3/h29-30H,5-28H2,1-4H3. The van der Waals surface area contributed by atoms with Crippen molar-refractivity contribution >= 4 is 0 Å². The molecule has 31 heavy (non-hydrogen) atoms. The number of nitrogens with one attached hydrogen (secondary N) is 1. The van der Waals surface area contributed by atoms with Crippen LogP contribution in [0.25, 0.3) is 0 Å². The van der Waals surface area contributed by atoms with Crippen molar-refractivity contribution in [1.82, 2.24) is 10.2 Å². The van der Waals surface area contributed by atoms with Crippen molar-refractivity contribution in [3.63, 3.8) is 0 Å². The van der Waals surface area contributed by atoms with E-state index in [1.54, 1.807) is 0 Å². The maximum atomic E-state index is 3.72. The summed E-state index contributed by atoms with van der Waals surface area (Å²) in [4.78, 5) is 2.89. The zero-order valence-electron chi connectivity index (χ0n) is 22.5. The lowest BCUT2D eigenvalue weighted by Crippen LogP contribution is -2.38. The SMILES string of the molecule is CCCCCCCNCCCN(CCCC)C(CCCCCCC)CCCCCCC. The molecule has 1 N–H and O–H groups in total. The first-order valence-electron chi connectivity index (χ1n) is 14.7. The molecule has 0 saturated carbocycles. The van der Waals surface area contributed by atoms with Gasteiger partial charge in [-0.3, -0.25) is 0 Å². The summed E-state index contributed by atoms with van der Waals surface area (Å²) >= 11 is 0. The number of unbranched alkanes of at least 4 members (excludes halogenated alkanes) is 13. The topological polar surface area (TPSA) is 15.3 Å². The molecule has 0 aromatic carbocycles. The largest absolute Gasteiger partial charge is 0.317 e. The molecule has 2 heteroatoms. The maximum absolute atomic E-state index is 3.72. The summed E-state index contributed by atoms with van der Waals surface area (Å²) in [7, 11) is 0. The molecule has 0 rings (SSSR count). The molecule has 0 saturated heterocycles. The van der Waals surface area contributed by atoms with E-state index in [1.807, 2.05) is 0 Å². The van der Waals surface area contributed by atoms with Crippen LogP contribution >= 0.6 is 0 Å². The quantitative estimate of drug-likeness (QED) is 0.135. The van der Waals surface area contributed by atoms with E-state index in [0.717, 1.165) is 6.04 Å². The zero-order chi connectivity index (χ0) is 22.8. The Hall–Kier alpha value is -0.0800. The average Bonchev–Trinajstić information content (AvgIpc) is 2.78. The molecule has 0 radical (unpaired) electrons. The highest BCUT2D eigenvalue weighted by Crippen LogP contribution is 2.19. The van der Waals surface area contributed by atoms with Crippen LogP contribution in [0.2, 0.25) is 0 Å².